The highest BCUT2D eigenvalue weighted by atomic mass is 79.9. The first-order chi connectivity index (χ1) is 15.5. The van der Waals surface area contributed by atoms with Crippen LogP contribution in [0.2, 0.25) is 0 Å². The quantitative estimate of drug-likeness (QED) is 0.278. The lowest BCUT2D eigenvalue weighted by Gasteiger charge is -2.13. The fourth-order valence-corrected chi connectivity index (χ4v) is 4.46. The second-order valence-corrected chi connectivity index (χ2v) is 9.54. The molecule has 160 valence electrons. The topological polar surface area (TPSA) is 58.2 Å². The van der Waals surface area contributed by atoms with Gasteiger partial charge < -0.3 is 10.6 Å². The van der Waals surface area contributed by atoms with Crippen molar-refractivity contribution >= 4 is 61.7 Å². The monoisotopic (exact) mass is 504 g/mol. The molecular formula is C26H21BrN2O2S. The first-order valence-electron chi connectivity index (χ1n) is 10.1. The van der Waals surface area contributed by atoms with Crippen molar-refractivity contribution in [3.63, 3.8) is 0 Å². The Morgan fingerprint density at radius 2 is 1.50 bits per heavy atom. The van der Waals surface area contributed by atoms with Crippen LogP contribution in [-0.4, -0.2) is 17.1 Å². The molecule has 0 aromatic heterocycles. The van der Waals surface area contributed by atoms with Crippen LogP contribution in [0, 0.1) is 0 Å². The molecule has 4 aromatic carbocycles. The van der Waals surface area contributed by atoms with Crippen molar-refractivity contribution in [1.82, 2.24) is 0 Å². The highest BCUT2D eigenvalue weighted by molar-refractivity contribution is 9.10. The van der Waals surface area contributed by atoms with Gasteiger partial charge in [0, 0.05) is 20.6 Å². The molecule has 0 spiro atoms. The molecule has 0 bridgehead atoms. The summed E-state index contributed by atoms with van der Waals surface area (Å²) < 4.78 is 0.844. The minimum Gasteiger partial charge on any atom is -0.324 e. The van der Waals surface area contributed by atoms with Crippen LogP contribution in [0.4, 0.5) is 11.4 Å². The number of thioether (sulfide) groups is 1. The number of fused-ring (bicyclic) bond motifs is 1. The molecule has 2 N–H and O–H groups in total. The molecule has 2 amide bonds. The van der Waals surface area contributed by atoms with Crippen molar-refractivity contribution in [2.24, 2.45) is 0 Å². The van der Waals surface area contributed by atoms with Crippen LogP contribution in [0.1, 0.15) is 17.3 Å². The SMILES string of the molecule is CC(Sc1ccc(NC(=O)c2ccc3ccccc3c2)cc1)C(=O)Nc1ccccc1Br. The second kappa shape index (κ2) is 10.0. The average Bonchev–Trinajstić information content (AvgIpc) is 2.81. The Bertz CT molecular complexity index is 1270. The maximum absolute atomic E-state index is 12.6. The number of carbonyl (C=O) groups is 2. The van der Waals surface area contributed by atoms with Crippen molar-refractivity contribution in [1.29, 1.82) is 0 Å². The van der Waals surface area contributed by atoms with Gasteiger partial charge >= 0.3 is 0 Å². The van der Waals surface area contributed by atoms with Gasteiger partial charge in [-0.1, -0.05) is 42.5 Å². The smallest absolute Gasteiger partial charge is 0.255 e. The number of carbonyl (C=O) groups excluding carboxylic acids is 2. The van der Waals surface area contributed by atoms with E-state index in [-0.39, 0.29) is 17.1 Å². The third-order valence-corrected chi connectivity index (χ3v) is 6.74. The molecule has 0 heterocycles. The largest absolute Gasteiger partial charge is 0.324 e. The predicted molar refractivity (Wildman–Crippen MR) is 136 cm³/mol. The zero-order valence-electron chi connectivity index (χ0n) is 17.3. The van der Waals surface area contributed by atoms with Gasteiger partial charge in [-0.3, -0.25) is 9.59 Å². The third kappa shape index (κ3) is 5.39. The van der Waals surface area contributed by atoms with Crippen LogP contribution >= 0.6 is 27.7 Å². The Labute approximate surface area is 199 Å². The number of nitrogens with one attached hydrogen (secondary N) is 2. The summed E-state index contributed by atoms with van der Waals surface area (Å²) in [5.74, 6) is -0.229. The Morgan fingerprint density at radius 1 is 0.812 bits per heavy atom. The molecule has 0 fully saturated rings. The van der Waals surface area contributed by atoms with Gasteiger partial charge in [0.25, 0.3) is 5.91 Å². The van der Waals surface area contributed by atoms with Crippen LogP contribution in [-0.2, 0) is 4.79 Å². The normalized spacial score (nSPS) is 11.7. The maximum Gasteiger partial charge on any atom is 0.255 e. The number of anilines is 2. The van der Waals surface area contributed by atoms with Crippen LogP contribution in [0.15, 0.2) is 100 Å². The van der Waals surface area contributed by atoms with Gasteiger partial charge in [0.05, 0.1) is 10.9 Å². The van der Waals surface area contributed by atoms with Crippen LogP contribution in [0.5, 0.6) is 0 Å². The number of hydrogen-bond acceptors (Lipinski definition) is 3. The third-order valence-electron chi connectivity index (χ3n) is 4.94. The molecule has 32 heavy (non-hydrogen) atoms. The van der Waals surface area contributed by atoms with E-state index in [1.165, 1.54) is 11.8 Å². The lowest BCUT2D eigenvalue weighted by Crippen LogP contribution is -2.22. The number of amides is 2. The first kappa shape index (κ1) is 22.1. The minimum absolute atomic E-state index is 0.0735. The fraction of sp³-hybridized carbons (Fsp3) is 0.0769. The van der Waals surface area contributed by atoms with E-state index in [2.05, 4.69) is 26.6 Å². The van der Waals surface area contributed by atoms with Gasteiger partial charge in [-0.25, -0.2) is 0 Å². The minimum atomic E-state index is -0.278. The Hall–Kier alpha value is -3.09. The maximum atomic E-state index is 12.6. The number of benzene rings is 4. The summed E-state index contributed by atoms with van der Waals surface area (Å²) in [4.78, 5) is 26.1. The number of para-hydroxylation sites is 1. The summed E-state index contributed by atoms with van der Waals surface area (Å²) in [5.41, 5.74) is 2.06. The van der Waals surface area contributed by atoms with E-state index < -0.39 is 0 Å². The highest BCUT2D eigenvalue weighted by Gasteiger charge is 2.16. The number of halogens is 1. The van der Waals surface area contributed by atoms with Crippen molar-refractivity contribution in [3.05, 3.63) is 101 Å². The lowest BCUT2D eigenvalue weighted by molar-refractivity contribution is -0.115. The second-order valence-electron chi connectivity index (χ2n) is 7.27. The molecule has 4 rings (SSSR count). The molecule has 1 atom stereocenters. The number of rotatable bonds is 6. The summed E-state index contributed by atoms with van der Waals surface area (Å²) in [7, 11) is 0. The molecule has 1 unspecified atom stereocenters. The zero-order valence-corrected chi connectivity index (χ0v) is 19.7. The van der Waals surface area contributed by atoms with Gasteiger partial charge in [0.15, 0.2) is 0 Å². The molecule has 0 aliphatic heterocycles. The average molecular weight is 505 g/mol. The van der Waals surface area contributed by atoms with E-state index in [0.717, 1.165) is 25.8 Å². The summed E-state index contributed by atoms with van der Waals surface area (Å²) in [6.45, 7) is 1.87. The lowest BCUT2D eigenvalue weighted by atomic mass is 10.1. The fourth-order valence-electron chi connectivity index (χ4n) is 3.21. The Balaban J connectivity index is 1.36. The van der Waals surface area contributed by atoms with E-state index in [1.54, 1.807) is 0 Å². The van der Waals surface area contributed by atoms with Crippen molar-refractivity contribution < 1.29 is 9.59 Å². The number of hydrogen-bond donors (Lipinski definition) is 2. The molecule has 0 aliphatic rings. The van der Waals surface area contributed by atoms with E-state index in [9.17, 15) is 9.59 Å². The molecule has 4 nitrogen and oxygen atoms in total. The summed E-state index contributed by atoms with van der Waals surface area (Å²) in [6, 6.07) is 28.6. The van der Waals surface area contributed by atoms with Crippen molar-refractivity contribution in [2.45, 2.75) is 17.1 Å². The predicted octanol–water partition coefficient (Wildman–Crippen LogP) is 6.97. The van der Waals surface area contributed by atoms with Gasteiger partial charge in [-0.15, -0.1) is 11.8 Å². The summed E-state index contributed by atoms with van der Waals surface area (Å²) in [5, 5.41) is 7.72. The summed E-state index contributed by atoms with van der Waals surface area (Å²) >= 11 is 4.90. The zero-order chi connectivity index (χ0) is 22.5. The van der Waals surface area contributed by atoms with Crippen molar-refractivity contribution in [3.8, 4) is 0 Å². The molecule has 6 heteroatoms. The molecule has 4 aromatic rings. The summed E-state index contributed by atoms with van der Waals surface area (Å²) in [6.07, 6.45) is 0. The van der Waals surface area contributed by atoms with E-state index in [0.29, 0.717) is 11.3 Å². The standard InChI is InChI=1S/C26H21BrN2O2S/c1-17(25(30)29-24-9-5-4-8-23(24)27)32-22-14-12-21(13-15-22)28-26(31)20-11-10-18-6-2-3-7-19(18)16-20/h2-17H,1H3,(H,28,31)(H,29,30). The van der Waals surface area contributed by atoms with Crippen LogP contribution in [0.3, 0.4) is 0 Å². The molecule has 0 saturated carbocycles. The molecule has 0 saturated heterocycles. The molecular weight excluding hydrogens is 484 g/mol. The highest BCUT2D eigenvalue weighted by Crippen LogP contribution is 2.27. The van der Waals surface area contributed by atoms with Gasteiger partial charge in [-0.05, 0) is 82.2 Å². The Kier molecular flexibility index (Phi) is 6.93. The van der Waals surface area contributed by atoms with Gasteiger partial charge in [-0.2, -0.15) is 0 Å². The molecule has 0 aliphatic carbocycles. The van der Waals surface area contributed by atoms with Gasteiger partial charge in [0.1, 0.15) is 0 Å². The van der Waals surface area contributed by atoms with E-state index in [4.69, 9.17) is 0 Å². The van der Waals surface area contributed by atoms with E-state index in [1.807, 2.05) is 97.9 Å². The first-order valence-corrected chi connectivity index (χ1v) is 11.8. The van der Waals surface area contributed by atoms with Crippen LogP contribution in [0.25, 0.3) is 10.8 Å². The van der Waals surface area contributed by atoms with E-state index >= 15 is 0 Å². The van der Waals surface area contributed by atoms with Crippen LogP contribution < -0.4 is 10.6 Å². The van der Waals surface area contributed by atoms with Gasteiger partial charge in [0.2, 0.25) is 5.91 Å². The van der Waals surface area contributed by atoms with Crippen molar-refractivity contribution in [2.75, 3.05) is 10.6 Å². The Morgan fingerprint density at radius 3 is 2.25 bits per heavy atom. The molecule has 0 radical (unpaired) electrons.